The van der Waals surface area contributed by atoms with Crippen LogP contribution in [-0.4, -0.2) is 0 Å². The minimum Gasteiger partial charge on any atom is -0.453 e. The van der Waals surface area contributed by atoms with E-state index in [-0.39, 0.29) is 24.5 Å². The van der Waals surface area contributed by atoms with E-state index in [1.807, 2.05) is 12.1 Å². The molecule has 0 bridgehead atoms. The summed E-state index contributed by atoms with van der Waals surface area (Å²) in [4.78, 5) is 0. The van der Waals surface area contributed by atoms with Crippen molar-refractivity contribution >= 4 is 0 Å². The Bertz CT molecular complexity index is 1790. The van der Waals surface area contributed by atoms with Gasteiger partial charge in [-0.2, -0.15) is 26.3 Å². The molecule has 0 heterocycles. The van der Waals surface area contributed by atoms with Crippen LogP contribution in [0.1, 0.15) is 61.6 Å². The average Bonchev–Trinajstić information content (AvgIpc) is 3.03. The highest BCUT2D eigenvalue weighted by molar-refractivity contribution is 5.64. The van der Waals surface area contributed by atoms with Gasteiger partial charge in [-0.15, -0.1) is 0 Å². The van der Waals surface area contributed by atoms with E-state index in [0.29, 0.717) is 29.2 Å². The molecule has 0 unspecified atom stereocenters. The zero-order valence-electron chi connectivity index (χ0n) is 25.7. The van der Waals surface area contributed by atoms with Gasteiger partial charge in [-0.1, -0.05) is 43.7 Å². The van der Waals surface area contributed by atoms with Crippen molar-refractivity contribution in [1.29, 1.82) is 0 Å². The fourth-order valence-corrected chi connectivity index (χ4v) is 5.80. The standard InChI is InChI=1S/C36H28F10O3/c1-2-20-3-5-21(6-4-20)22-7-9-23(10-8-22)24-11-13-27(29(37)15-24)35(43,44)48-25-12-14-28(30(38)16-25)36(45,46)49-26-17-31(39)34(32(40)18-26)47-19-33(41)42/h7-21H,2-6H2,1H3. The molecule has 1 aliphatic carbocycles. The first-order chi connectivity index (χ1) is 23.2. The lowest BCUT2D eigenvalue weighted by Crippen LogP contribution is -2.25. The Hall–Kier alpha value is -4.68. The molecule has 0 atom stereocenters. The summed E-state index contributed by atoms with van der Waals surface area (Å²) < 4.78 is 154. The van der Waals surface area contributed by atoms with Gasteiger partial charge in [0.2, 0.25) is 0 Å². The monoisotopic (exact) mass is 698 g/mol. The number of hydrogen-bond acceptors (Lipinski definition) is 3. The molecule has 1 fully saturated rings. The summed E-state index contributed by atoms with van der Waals surface area (Å²) in [5.41, 5.74) is -0.654. The maximum Gasteiger partial charge on any atom is 0.429 e. The van der Waals surface area contributed by atoms with Crippen molar-refractivity contribution in [3.63, 3.8) is 0 Å². The Balaban J connectivity index is 1.27. The van der Waals surface area contributed by atoms with E-state index in [1.54, 1.807) is 12.1 Å². The molecule has 3 nitrogen and oxygen atoms in total. The molecule has 0 aromatic heterocycles. The van der Waals surface area contributed by atoms with E-state index in [2.05, 4.69) is 21.1 Å². The van der Waals surface area contributed by atoms with E-state index in [1.165, 1.54) is 6.07 Å². The molecule has 0 spiro atoms. The molecule has 1 saturated carbocycles. The normalized spacial score (nSPS) is 16.6. The second-order valence-corrected chi connectivity index (χ2v) is 11.6. The fraction of sp³-hybridized carbons (Fsp3) is 0.278. The predicted octanol–water partition coefficient (Wildman–Crippen LogP) is 12.0. The van der Waals surface area contributed by atoms with Crippen LogP contribution in [0.4, 0.5) is 43.9 Å². The molecule has 1 aliphatic rings. The molecule has 260 valence electrons. The van der Waals surface area contributed by atoms with Crippen molar-refractivity contribution in [2.24, 2.45) is 5.92 Å². The first kappa shape index (κ1) is 35.6. The molecule has 13 heteroatoms. The van der Waals surface area contributed by atoms with Gasteiger partial charge in [-0.05, 0) is 78.5 Å². The van der Waals surface area contributed by atoms with Crippen LogP contribution >= 0.6 is 0 Å². The van der Waals surface area contributed by atoms with Gasteiger partial charge in [0.15, 0.2) is 23.6 Å². The molecular weight excluding hydrogens is 670 g/mol. The fourth-order valence-electron chi connectivity index (χ4n) is 5.80. The van der Waals surface area contributed by atoms with Crippen molar-refractivity contribution in [2.75, 3.05) is 0 Å². The molecule has 0 amide bonds. The Labute approximate surface area is 274 Å². The number of halogens is 10. The van der Waals surface area contributed by atoms with Crippen molar-refractivity contribution in [1.82, 2.24) is 0 Å². The van der Waals surface area contributed by atoms with Crippen LogP contribution in [0.2, 0.25) is 0 Å². The third-order valence-corrected chi connectivity index (χ3v) is 8.41. The van der Waals surface area contributed by atoms with Gasteiger partial charge >= 0.3 is 18.3 Å². The van der Waals surface area contributed by atoms with Crippen LogP contribution in [0, 0.1) is 29.2 Å². The van der Waals surface area contributed by atoms with Crippen molar-refractivity contribution < 1.29 is 58.1 Å². The van der Waals surface area contributed by atoms with Crippen LogP contribution in [0.25, 0.3) is 11.1 Å². The molecule has 0 N–H and O–H groups in total. The highest BCUT2D eigenvalue weighted by Gasteiger charge is 2.41. The predicted molar refractivity (Wildman–Crippen MR) is 160 cm³/mol. The van der Waals surface area contributed by atoms with Gasteiger partial charge in [0.25, 0.3) is 0 Å². The summed E-state index contributed by atoms with van der Waals surface area (Å²) >= 11 is 0. The first-order valence-electron chi connectivity index (χ1n) is 15.2. The summed E-state index contributed by atoms with van der Waals surface area (Å²) in [7, 11) is 0. The molecule has 0 aliphatic heterocycles. The topological polar surface area (TPSA) is 27.7 Å². The van der Waals surface area contributed by atoms with E-state index in [9.17, 15) is 35.1 Å². The smallest absolute Gasteiger partial charge is 0.429 e. The average molecular weight is 699 g/mol. The third kappa shape index (κ3) is 8.31. The van der Waals surface area contributed by atoms with Crippen LogP contribution in [0.3, 0.4) is 0 Å². The van der Waals surface area contributed by atoms with Gasteiger partial charge in [0, 0.05) is 18.2 Å². The lowest BCUT2D eigenvalue weighted by molar-refractivity contribution is -0.189. The minimum absolute atomic E-state index is 0.166. The molecule has 0 saturated heterocycles. The lowest BCUT2D eigenvalue weighted by atomic mass is 9.77. The highest BCUT2D eigenvalue weighted by atomic mass is 19.3. The second-order valence-electron chi connectivity index (χ2n) is 11.6. The zero-order chi connectivity index (χ0) is 35.5. The van der Waals surface area contributed by atoms with Gasteiger partial charge in [-0.3, -0.25) is 0 Å². The minimum atomic E-state index is -4.62. The third-order valence-electron chi connectivity index (χ3n) is 8.41. The van der Waals surface area contributed by atoms with Crippen LogP contribution in [0.5, 0.6) is 17.2 Å². The van der Waals surface area contributed by atoms with Crippen molar-refractivity contribution in [3.8, 4) is 28.4 Å². The Morgan fingerprint density at radius 3 is 1.69 bits per heavy atom. The zero-order valence-corrected chi connectivity index (χ0v) is 25.7. The van der Waals surface area contributed by atoms with Crippen molar-refractivity contribution in [3.05, 3.63) is 125 Å². The summed E-state index contributed by atoms with van der Waals surface area (Å²) in [6, 6.07) is 11.8. The summed E-state index contributed by atoms with van der Waals surface area (Å²) in [6.45, 7) is 2.19. The van der Waals surface area contributed by atoms with Crippen molar-refractivity contribution in [2.45, 2.75) is 57.2 Å². The largest absolute Gasteiger partial charge is 0.453 e. The maximum atomic E-state index is 15.0. The highest BCUT2D eigenvalue weighted by Crippen LogP contribution is 2.40. The number of alkyl halides is 4. The number of hydrogen-bond donors (Lipinski definition) is 0. The van der Waals surface area contributed by atoms with Crippen LogP contribution in [0.15, 0.2) is 85.1 Å². The Morgan fingerprint density at radius 2 is 1.16 bits per heavy atom. The number of ether oxygens (including phenoxy) is 3. The van der Waals surface area contributed by atoms with E-state index >= 15 is 8.78 Å². The lowest BCUT2D eigenvalue weighted by Gasteiger charge is -2.28. The summed E-state index contributed by atoms with van der Waals surface area (Å²) in [5.74, 6) is -8.88. The SMILES string of the molecule is CCC1CCC(c2ccc(-c3ccc(C(F)(F)Oc4ccc(C(F)(F)Oc5cc(F)c(OC=C(F)F)c(F)c5)c(F)c4)c(F)c3)cc2)CC1. The van der Waals surface area contributed by atoms with Gasteiger partial charge < -0.3 is 14.2 Å². The quantitative estimate of drug-likeness (QED) is 0.115. The molecule has 4 aromatic carbocycles. The first-order valence-corrected chi connectivity index (χ1v) is 15.2. The maximum absolute atomic E-state index is 15.0. The summed E-state index contributed by atoms with van der Waals surface area (Å²) in [5, 5.41) is 0. The molecule has 4 aromatic rings. The van der Waals surface area contributed by atoms with Gasteiger partial charge in [0.1, 0.15) is 28.7 Å². The van der Waals surface area contributed by atoms with Gasteiger partial charge in [-0.25, -0.2) is 17.6 Å². The number of rotatable bonds is 11. The van der Waals surface area contributed by atoms with E-state index in [0.717, 1.165) is 55.7 Å². The number of benzene rings is 4. The molecule has 49 heavy (non-hydrogen) atoms. The Morgan fingerprint density at radius 1 is 0.653 bits per heavy atom. The molecule has 5 rings (SSSR count). The van der Waals surface area contributed by atoms with Crippen LogP contribution < -0.4 is 14.2 Å². The molecule has 0 radical (unpaired) electrons. The Kier molecular flexibility index (Phi) is 10.5. The van der Waals surface area contributed by atoms with E-state index < -0.39 is 69.9 Å². The van der Waals surface area contributed by atoms with Gasteiger partial charge in [0.05, 0.1) is 5.56 Å². The second kappa shape index (κ2) is 14.4. The van der Waals surface area contributed by atoms with E-state index in [4.69, 9.17) is 0 Å². The molecular formula is C36H28F10O3. The van der Waals surface area contributed by atoms with Crippen LogP contribution in [-0.2, 0) is 12.2 Å². The summed E-state index contributed by atoms with van der Waals surface area (Å²) in [6.07, 6.45) is -6.07.